The van der Waals surface area contributed by atoms with E-state index in [1.807, 2.05) is 31.1 Å². The zero-order chi connectivity index (χ0) is 9.42. The van der Waals surface area contributed by atoms with Crippen LogP contribution in [-0.2, 0) is 0 Å². The molecule has 4 nitrogen and oxygen atoms in total. The van der Waals surface area contributed by atoms with E-state index in [2.05, 4.69) is 10.2 Å². The summed E-state index contributed by atoms with van der Waals surface area (Å²) < 4.78 is 0. The first-order valence-electron chi connectivity index (χ1n) is 4.07. The minimum Gasteiger partial charge on any atom is -0.376 e. The number of hydrogen-bond acceptors (Lipinski definition) is 2. The molecule has 0 amide bonds. The van der Waals surface area contributed by atoms with Gasteiger partial charge in [0, 0.05) is 14.1 Å². The molecule has 0 atom stereocenters. The third kappa shape index (κ3) is 1.11. The largest absolute Gasteiger partial charge is 0.376 e. The molecule has 0 saturated carbocycles. The summed E-state index contributed by atoms with van der Waals surface area (Å²) in [6, 6.07) is 5.64. The summed E-state index contributed by atoms with van der Waals surface area (Å²) in [6.07, 6.45) is 0. The zero-order valence-electron chi connectivity index (χ0n) is 7.59. The number of para-hydroxylation sites is 1. The third-order valence-corrected chi connectivity index (χ3v) is 2.07. The second-order valence-corrected chi connectivity index (χ2v) is 3.17. The highest BCUT2D eigenvalue weighted by Crippen LogP contribution is 2.19. The fourth-order valence-electron chi connectivity index (χ4n) is 1.42. The highest BCUT2D eigenvalue weighted by Gasteiger charge is 2.05. The van der Waals surface area contributed by atoms with E-state index in [9.17, 15) is 4.79 Å². The van der Waals surface area contributed by atoms with E-state index in [0.717, 1.165) is 11.2 Å². The number of hydrogen-bond donors (Lipinski definition) is 2. The van der Waals surface area contributed by atoms with E-state index in [1.165, 1.54) is 0 Å². The summed E-state index contributed by atoms with van der Waals surface area (Å²) in [4.78, 5) is 13.2. The van der Waals surface area contributed by atoms with Crippen molar-refractivity contribution in [3.63, 3.8) is 0 Å². The van der Waals surface area contributed by atoms with Crippen molar-refractivity contribution >= 4 is 16.6 Å². The summed E-state index contributed by atoms with van der Waals surface area (Å²) in [7, 11) is 3.89. The Balaban J connectivity index is 2.84. The minimum atomic E-state index is -0.0706. The number of rotatable bonds is 1. The lowest BCUT2D eigenvalue weighted by atomic mass is 10.2. The smallest absolute Gasteiger partial charge is 0.271 e. The van der Waals surface area contributed by atoms with Gasteiger partial charge in [-0.3, -0.25) is 15.0 Å². The number of nitrogens with one attached hydrogen (secondary N) is 2. The number of benzene rings is 1. The quantitative estimate of drug-likeness (QED) is 0.680. The maximum Gasteiger partial charge on any atom is 0.271 e. The Morgan fingerprint density at radius 1 is 1.23 bits per heavy atom. The molecule has 0 spiro atoms. The molecule has 2 aromatic rings. The molecule has 4 heteroatoms. The van der Waals surface area contributed by atoms with Crippen LogP contribution in [0.1, 0.15) is 0 Å². The average Bonchev–Trinajstić information content (AvgIpc) is 2.48. The van der Waals surface area contributed by atoms with Crippen LogP contribution < -0.4 is 10.5 Å². The Kier molecular flexibility index (Phi) is 1.62. The number of anilines is 1. The first-order chi connectivity index (χ1) is 6.20. The first-order valence-corrected chi connectivity index (χ1v) is 4.07. The molecule has 2 rings (SSSR count). The van der Waals surface area contributed by atoms with Gasteiger partial charge in [-0.05, 0) is 12.1 Å². The van der Waals surface area contributed by atoms with Crippen LogP contribution >= 0.6 is 0 Å². The van der Waals surface area contributed by atoms with Gasteiger partial charge >= 0.3 is 0 Å². The van der Waals surface area contributed by atoms with Crippen LogP contribution in [0.4, 0.5) is 5.69 Å². The predicted molar refractivity (Wildman–Crippen MR) is 53.2 cm³/mol. The topological polar surface area (TPSA) is 51.9 Å². The lowest BCUT2D eigenvalue weighted by Crippen LogP contribution is -2.09. The Morgan fingerprint density at radius 3 is 2.69 bits per heavy atom. The lowest BCUT2D eigenvalue weighted by Gasteiger charge is -2.12. The highest BCUT2D eigenvalue weighted by molar-refractivity contribution is 5.90. The van der Waals surface area contributed by atoms with Gasteiger partial charge in [0.25, 0.3) is 5.56 Å². The monoisotopic (exact) mass is 177 g/mol. The van der Waals surface area contributed by atoms with Gasteiger partial charge in [-0.1, -0.05) is 6.07 Å². The van der Waals surface area contributed by atoms with Gasteiger partial charge in [0.05, 0.1) is 16.6 Å². The van der Waals surface area contributed by atoms with E-state index < -0.39 is 0 Å². The average molecular weight is 177 g/mol. The van der Waals surface area contributed by atoms with Crippen LogP contribution in [0.5, 0.6) is 0 Å². The standard InChI is InChI=1S/C9H11N3O/c1-12(2)7-5-3-4-6-8(7)10-11-9(6)13/h3-5H,1-2H3,(H2,10,11,13). The molecule has 0 radical (unpaired) electrons. The van der Waals surface area contributed by atoms with Crippen molar-refractivity contribution in [1.29, 1.82) is 0 Å². The van der Waals surface area contributed by atoms with Gasteiger partial charge in [0.15, 0.2) is 0 Å². The SMILES string of the molecule is CN(C)c1cccc2c(=O)[nH][nH]c12. The molecule has 0 unspecified atom stereocenters. The van der Waals surface area contributed by atoms with Crippen molar-refractivity contribution in [3.05, 3.63) is 28.6 Å². The van der Waals surface area contributed by atoms with Crippen molar-refractivity contribution in [2.75, 3.05) is 19.0 Å². The predicted octanol–water partition coefficient (Wildman–Crippen LogP) is 0.922. The maximum atomic E-state index is 11.2. The Labute approximate surface area is 75.2 Å². The van der Waals surface area contributed by atoms with Gasteiger partial charge in [-0.2, -0.15) is 0 Å². The number of H-pyrrole nitrogens is 2. The molecule has 1 aromatic heterocycles. The van der Waals surface area contributed by atoms with Crippen LogP contribution in [0.25, 0.3) is 10.9 Å². The van der Waals surface area contributed by atoms with Gasteiger partial charge in [0.2, 0.25) is 0 Å². The fourth-order valence-corrected chi connectivity index (χ4v) is 1.42. The van der Waals surface area contributed by atoms with E-state index in [0.29, 0.717) is 5.39 Å². The van der Waals surface area contributed by atoms with Crippen LogP contribution in [0.15, 0.2) is 23.0 Å². The summed E-state index contributed by atoms with van der Waals surface area (Å²) >= 11 is 0. The summed E-state index contributed by atoms with van der Waals surface area (Å²) in [5, 5.41) is 6.12. The molecule has 0 aliphatic carbocycles. The number of aromatic amines is 2. The molecule has 0 fully saturated rings. The third-order valence-electron chi connectivity index (χ3n) is 2.07. The Hall–Kier alpha value is -1.71. The zero-order valence-corrected chi connectivity index (χ0v) is 7.59. The molecule has 0 bridgehead atoms. The van der Waals surface area contributed by atoms with Crippen LogP contribution in [0, 0.1) is 0 Å². The van der Waals surface area contributed by atoms with Crippen LogP contribution in [0.3, 0.4) is 0 Å². The van der Waals surface area contributed by atoms with E-state index in [4.69, 9.17) is 0 Å². The van der Waals surface area contributed by atoms with Gasteiger partial charge in [-0.15, -0.1) is 0 Å². The normalized spacial score (nSPS) is 10.6. The van der Waals surface area contributed by atoms with Crippen molar-refractivity contribution in [2.45, 2.75) is 0 Å². The molecule has 0 aliphatic rings. The van der Waals surface area contributed by atoms with Crippen molar-refractivity contribution in [3.8, 4) is 0 Å². The second-order valence-electron chi connectivity index (χ2n) is 3.17. The van der Waals surface area contributed by atoms with Crippen molar-refractivity contribution in [2.24, 2.45) is 0 Å². The Bertz CT molecular complexity index is 481. The maximum absolute atomic E-state index is 11.2. The van der Waals surface area contributed by atoms with Crippen molar-refractivity contribution < 1.29 is 0 Å². The van der Waals surface area contributed by atoms with E-state index in [-0.39, 0.29) is 5.56 Å². The van der Waals surface area contributed by atoms with Crippen molar-refractivity contribution in [1.82, 2.24) is 10.2 Å². The molecule has 1 heterocycles. The summed E-state index contributed by atoms with van der Waals surface area (Å²) in [5.41, 5.74) is 1.80. The van der Waals surface area contributed by atoms with Crippen LogP contribution in [0.2, 0.25) is 0 Å². The molecule has 0 saturated heterocycles. The van der Waals surface area contributed by atoms with Gasteiger partial charge in [-0.25, -0.2) is 0 Å². The molecule has 0 aliphatic heterocycles. The second kappa shape index (κ2) is 2.65. The molecular formula is C9H11N3O. The van der Waals surface area contributed by atoms with E-state index in [1.54, 1.807) is 6.07 Å². The van der Waals surface area contributed by atoms with Gasteiger partial charge < -0.3 is 4.90 Å². The molecule has 2 N–H and O–H groups in total. The molecule has 1 aromatic carbocycles. The summed E-state index contributed by atoms with van der Waals surface area (Å²) in [6.45, 7) is 0. The number of aromatic nitrogens is 2. The molecular weight excluding hydrogens is 166 g/mol. The van der Waals surface area contributed by atoms with Gasteiger partial charge in [0.1, 0.15) is 0 Å². The van der Waals surface area contributed by atoms with Crippen LogP contribution in [-0.4, -0.2) is 24.3 Å². The highest BCUT2D eigenvalue weighted by atomic mass is 16.1. The fraction of sp³-hybridized carbons (Fsp3) is 0.222. The Morgan fingerprint density at radius 2 is 2.00 bits per heavy atom. The number of fused-ring (bicyclic) bond motifs is 1. The molecule has 68 valence electrons. The lowest BCUT2D eigenvalue weighted by molar-refractivity contribution is 1.07. The molecule has 13 heavy (non-hydrogen) atoms. The van der Waals surface area contributed by atoms with E-state index >= 15 is 0 Å². The minimum absolute atomic E-state index is 0.0706. The first kappa shape index (κ1) is 7.91. The number of nitrogens with zero attached hydrogens (tertiary/aromatic N) is 1. The summed E-state index contributed by atoms with van der Waals surface area (Å²) in [5.74, 6) is 0.